The zero-order valence-corrected chi connectivity index (χ0v) is 13.1. The number of amides is 1. The van der Waals surface area contributed by atoms with Gasteiger partial charge < -0.3 is 9.64 Å². The number of hydrogen-bond donors (Lipinski definition) is 0. The Morgan fingerprint density at radius 1 is 1.35 bits per heavy atom. The molecule has 1 amide bonds. The monoisotopic (exact) mass is 296 g/mol. The third-order valence-electron chi connectivity index (χ3n) is 2.21. The zero-order chi connectivity index (χ0) is 15.2. The minimum atomic E-state index is -0.530. The van der Waals surface area contributed by atoms with Crippen LogP contribution < -0.4 is 0 Å². The molecule has 0 aliphatic heterocycles. The molecule has 110 valence electrons. The van der Waals surface area contributed by atoms with E-state index in [0.717, 1.165) is 11.8 Å². The van der Waals surface area contributed by atoms with Gasteiger partial charge in [-0.15, -0.1) is 0 Å². The van der Waals surface area contributed by atoms with Crippen LogP contribution >= 0.6 is 11.8 Å². The van der Waals surface area contributed by atoms with Crippen molar-refractivity contribution in [2.45, 2.75) is 37.8 Å². The highest BCUT2D eigenvalue weighted by Crippen LogP contribution is 2.17. The van der Waals surface area contributed by atoms with E-state index in [1.54, 1.807) is 46.1 Å². The quantitative estimate of drug-likeness (QED) is 0.799. The van der Waals surface area contributed by atoms with Gasteiger partial charge in [-0.2, -0.15) is 0 Å². The number of hydrogen-bond acceptors (Lipinski definition) is 5. The largest absolute Gasteiger partial charge is 0.444 e. The van der Waals surface area contributed by atoms with Crippen LogP contribution in [-0.4, -0.2) is 40.3 Å². The van der Waals surface area contributed by atoms with E-state index < -0.39 is 11.7 Å². The molecule has 1 aromatic rings. The summed E-state index contributed by atoms with van der Waals surface area (Å²) in [5.41, 5.74) is -0.530. The fraction of sp³-hybridized carbons (Fsp3) is 0.500. The predicted octanol–water partition coefficient (Wildman–Crippen LogP) is 2.96. The standard InChI is InChI=1S/C14H20N2O3S/c1-14(2,3)19-13(18)16(4)10-8-12(17)20-11-7-5-6-9-15-11/h5-7,9H,8,10H2,1-4H3. The second kappa shape index (κ2) is 7.28. The molecule has 0 unspecified atom stereocenters. The van der Waals surface area contributed by atoms with Crippen LogP contribution in [0.1, 0.15) is 27.2 Å². The molecule has 0 aromatic carbocycles. The lowest BCUT2D eigenvalue weighted by atomic mass is 10.2. The number of carbonyl (C=O) groups excluding carboxylic acids is 2. The Bertz CT molecular complexity index is 457. The molecular formula is C14H20N2O3S. The number of ether oxygens (including phenoxy) is 1. The highest BCUT2D eigenvalue weighted by atomic mass is 32.2. The molecule has 0 saturated heterocycles. The average molecular weight is 296 g/mol. The lowest BCUT2D eigenvalue weighted by molar-refractivity contribution is -0.111. The Morgan fingerprint density at radius 3 is 2.60 bits per heavy atom. The number of rotatable bonds is 4. The third kappa shape index (κ3) is 6.56. The summed E-state index contributed by atoms with van der Waals surface area (Å²) in [7, 11) is 1.62. The van der Waals surface area contributed by atoms with Crippen LogP contribution in [0.15, 0.2) is 29.4 Å². The van der Waals surface area contributed by atoms with Crippen molar-refractivity contribution in [3.63, 3.8) is 0 Å². The van der Waals surface area contributed by atoms with Crippen molar-refractivity contribution in [3.8, 4) is 0 Å². The maximum Gasteiger partial charge on any atom is 0.410 e. The molecule has 0 aliphatic carbocycles. The minimum absolute atomic E-state index is 0.0286. The van der Waals surface area contributed by atoms with Gasteiger partial charge in [-0.3, -0.25) is 4.79 Å². The van der Waals surface area contributed by atoms with E-state index in [-0.39, 0.29) is 11.5 Å². The van der Waals surface area contributed by atoms with Gasteiger partial charge in [-0.1, -0.05) is 6.07 Å². The molecule has 1 aromatic heterocycles. The van der Waals surface area contributed by atoms with Crippen LogP contribution in [0.3, 0.4) is 0 Å². The Labute approximate surface area is 123 Å². The molecule has 6 heteroatoms. The summed E-state index contributed by atoms with van der Waals surface area (Å²) in [6, 6.07) is 5.40. The number of nitrogens with zero attached hydrogens (tertiary/aromatic N) is 2. The SMILES string of the molecule is CN(CCC(=O)Sc1ccccn1)C(=O)OC(C)(C)C. The number of pyridine rings is 1. The lowest BCUT2D eigenvalue weighted by Gasteiger charge is -2.24. The van der Waals surface area contributed by atoms with Crippen molar-refractivity contribution in [1.29, 1.82) is 0 Å². The van der Waals surface area contributed by atoms with Crippen molar-refractivity contribution in [2.75, 3.05) is 13.6 Å². The van der Waals surface area contributed by atoms with Gasteiger partial charge in [-0.05, 0) is 44.7 Å². The first-order valence-electron chi connectivity index (χ1n) is 6.34. The summed E-state index contributed by atoms with van der Waals surface area (Å²) in [6.07, 6.45) is 1.48. The van der Waals surface area contributed by atoms with E-state index >= 15 is 0 Å². The van der Waals surface area contributed by atoms with Crippen molar-refractivity contribution in [2.24, 2.45) is 0 Å². The average Bonchev–Trinajstić information content (AvgIpc) is 2.35. The van der Waals surface area contributed by atoms with Crippen LogP contribution in [-0.2, 0) is 9.53 Å². The van der Waals surface area contributed by atoms with Gasteiger partial charge in [0.05, 0.1) is 0 Å². The Morgan fingerprint density at radius 2 is 2.05 bits per heavy atom. The molecular weight excluding hydrogens is 276 g/mol. The fourth-order valence-corrected chi connectivity index (χ4v) is 1.95. The summed E-state index contributed by atoms with van der Waals surface area (Å²) in [6.45, 7) is 5.75. The summed E-state index contributed by atoms with van der Waals surface area (Å²) in [4.78, 5) is 28.9. The first-order chi connectivity index (χ1) is 9.28. The van der Waals surface area contributed by atoms with Gasteiger partial charge in [-0.25, -0.2) is 9.78 Å². The molecule has 0 N–H and O–H groups in total. The van der Waals surface area contributed by atoms with E-state index in [1.165, 1.54) is 4.90 Å². The number of carbonyl (C=O) groups is 2. The zero-order valence-electron chi connectivity index (χ0n) is 12.3. The van der Waals surface area contributed by atoms with Gasteiger partial charge in [0.2, 0.25) is 0 Å². The van der Waals surface area contributed by atoms with Crippen LogP contribution in [0.5, 0.6) is 0 Å². The summed E-state index contributed by atoms with van der Waals surface area (Å²) in [5.74, 6) is 0. The van der Waals surface area contributed by atoms with Crippen LogP contribution in [0.4, 0.5) is 4.79 Å². The van der Waals surface area contributed by atoms with Crippen molar-refractivity contribution < 1.29 is 14.3 Å². The predicted molar refractivity (Wildman–Crippen MR) is 78.6 cm³/mol. The summed E-state index contributed by atoms with van der Waals surface area (Å²) in [5, 5.41) is 0.636. The third-order valence-corrected chi connectivity index (χ3v) is 3.10. The smallest absolute Gasteiger partial charge is 0.410 e. The van der Waals surface area contributed by atoms with E-state index in [1.807, 2.05) is 6.07 Å². The van der Waals surface area contributed by atoms with E-state index in [9.17, 15) is 9.59 Å². The molecule has 5 nitrogen and oxygen atoms in total. The van der Waals surface area contributed by atoms with Gasteiger partial charge in [0.15, 0.2) is 5.12 Å². The first kappa shape index (κ1) is 16.5. The molecule has 1 heterocycles. The van der Waals surface area contributed by atoms with Crippen molar-refractivity contribution in [3.05, 3.63) is 24.4 Å². The van der Waals surface area contributed by atoms with Gasteiger partial charge in [0, 0.05) is 26.2 Å². The Hall–Kier alpha value is -1.56. The Balaban J connectivity index is 2.35. The molecule has 0 bridgehead atoms. The van der Waals surface area contributed by atoms with Crippen LogP contribution in [0.2, 0.25) is 0 Å². The number of aromatic nitrogens is 1. The van der Waals surface area contributed by atoms with E-state index in [4.69, 9.17) is 4.74 Å². The summed E-state index contributed by atoms with van der Waals surface area (Å²) < 4.78 is 5.21. The molecule has 0 saturated carbocycles. The van der Waals surface area contributed by atoms with Gasteiger partial charge >= 0.3 is 6.09 Å². The Kier molecular flexibility index (Phi) is 6.01. The topological polar surface area (TPSA) is 59.5 Å². The maximum absolute atomic E-state index is 11.8. The maximum atomic E-state index is 11.8. The minimum Gasteiger partial charge on any atom is -0.444 e. The fourth-order valence-electron chi connectivity index (χ4n) is 1.27. The highest BCUT2D eigenvalue weighted by Gasteiger charge is 2.20. The van der Waals surface area contributed by atoms with E-state index in [2.05, 4.69) is 4.98 Å². The molecule has 0 aliphatic rings. The molecule has 0 spiro atoms. The van der Waals surface area contributed by atoms with Crippen molar-refractivity contribution in [1.82, 2.24) is 9.88 Å². The molecule has 0 radical (unpaired) electrons. The first-order valence-corrected chi connectivity index (χ1v) is 7.15. The molecule has 20 heavy (non-hydrogen) atoms. The normalized spacial score (nSPS) is 11.0. The molecule has 0 atom stereocenters. The molecule has 0 fully saturated rings. The summed E-state index contributed by atoms with van der Waals surface area (Å²) >= 11 is 1.08. The second-order valence-electron chi connectivity index (χ2n) is 5.29. The number of thioether (sulfide) groups is 1. The van der Waals surface area contributed by atoms with E-state index in [0.29, 0.717) is 11.6 Å². The van der Waals surface area contributed by atoms with Crippen molar-refractivity contribution >= 4 is 23.0 Å². The highest BCUT2D eigenvalue weighted by molar-refractivity contribution is 8.13. The second-order valence-corrected chi connectivity index (χ2v) is 6.37. The van der Waals surface area contributed by atoms with Gasteiger partial charge in [0.1, 0.15) is 10.6 Å². The van der Waals surface area contributed by atoms with Crippen LogP contribution in [0.25, 0.3) is 0 Å². The lowest BCUT2D eigenvalue weighted by Crippen LogP contribution is -2.35. The van der Waals surface area contributed by atoms with Gasteiger partial charge in [0.25, 0.3) is 0 Å². The van der Waals surface area contributed by atoms with Crippen LogP contribution in [0, 0.1) is 0 Å². The molecule has 1 rings (SSSR count).